The van der Waals surface area contributed by atoms with Crippen LogP contribution in [0.3, 0.4) is 0 Å². The summed E-state index contributed by atoms with van der Waals surface area (Å²) in [5.74, 6) is 0.102. The largest absolute Gasteiger partial charge is 0.475 e. The third-order valence-corrected chi connectivity index (χ3v) is 1.96. The molecule has 2 N–H and O–H groups in total. The zero-order chi connectivity index (χ0) is 12.8. The molecule has 0 radical (unpaired) electrons. The van der Waals surface area contributed by atoms with E-state index in [4.69, 9.17) is 9.84 Å². The maximum Gasteiger partial charge on any atom is 0.270 e. The molecule has 17 heavy (non-hydrogen) atoms. The number of aromatic nitrogens is 1. The van der Waals surface area contributed by atoms with E-state index in [1.165, 1.54) is 0 Å². The number of aliphatic hydroxyl groups is 1. The highest BCUT2D eigenvalue weighted by molar-refractivity contribution is 5.92. The molecule has 1 aromatic rings. The summed E-state index contributed by atoms with van der Waals surface area (Å²) in [6.07, 6.45) is 0.0113. The molecule has 1 amide bonds. The van der Waals surface area contributed by atoms with Crippen LogP contribution in [0.25, 0.3) is 0 Å². The first-order chi connectivity index (χ1) is 8.02. The summed E-state index contributed by atoms with van der Waals surface area (Å²) in [6.45, 7) is 5.39. The number of amides is 1. The van der Waals surface area contributed by atoms with Crippen molar-refractivity contribution in [2.24, 2.45) is 0 Å². The van der Waals surface area contributed by atoms with Crippen LogP contribution >= 0.6 is 0 Å². The summed E-state index contributed by atoms with van der Waals surface area (Å²) >= 11 is 0. The molecule has 0 aromatic carbocycles. The monoisotopic (exact) mass is 238 g/mol. The third-order valence-electron chi connectivity index (χ3n) is 1.96. The van der Waals surface area contributed by atoms with Gasteiger partial charge in [0.05, 0.1) is 12.7 Å². The fourth-order valence-corrected chi connectivity index (χ4v) is 1.19. The smallest absolute Gasteiger partial charge is 0.270 e. The normalized spacial score (nSPS) is 12.3. The van der Waals surface area contributed by atoms with Gasteiger partial charge in [0, 0.05) is 12.1 Å². The average Bonchev–Trinajstić information content (AvgIpc) is 2.28. The lowest BCUT2D eigenvalue weighted by molar-refractivity contribution is 0.0915. The lowest BCUT2D eigenvalue weighted by Crippen LogP contribution is -2.35. The Morgan fingerprint density at radius 2 is 2.18 bits per heavy atom. The summed E-state index contributed by atoms with van der Waals surface area (Å²) < 4.78 is 5.40. The SMILES string of the molecule is CC(CO)NC(=O)c1cccc(OC(C)C)n1. The van der Waals surface area contributed by atoms with Crippen molar-refractivity contribution in [3.63, 3.8) is 0 Å². The van der Waals surface area contributed by atoms with Gasteiger partial charge in [-0.05, 0) is 26.8 Å². The highest BCUT2D eigenvalue weighted by Gasteiger charge is 2.11. The maximum atomic E-state index is 11.7. The van der Waals surface area contributed by atoms with E-state index < -0.39 is 0 Å². The summed E-state index contributed by atoms with van der Waals surface area (Å²) in [5, 5.41) is 11.5. The zero-order valence-corrected chi connectivity index (χ0v) is 10.3. The van der Waals surface area contributed by atoms with Gasteiger partial charge in [-0.1, -0.05) is 6.07 Å². The molecule has 1 aromatic heterocycles. The Bertz CT molecular complexity index is 380. The Kier molecular flexibility index (Phi) is 4.90. The molecule has 0 fully saturated rings. The van der Waals surface area contributed by atoms with Crippen molar-refractivity contribution in [2.45, 2.75) is 32.9 Å². The van der Waals surface area contributed by atoms with Crippen LogP contribution in [0.5, 0.6) is 5.88 Å². The molecule has 1 heterocycles. The Balaban J connectivity index is 2.73. The Hall–Kier alpha value is -1.62. The van der Waals surface area contributed by atoms with Crippen LogP contribution in [0, 0.1) is 0 Å². The molecule has 0 saturated heterocycles. The molecule has 94 valence electrons. The second-order valence-electron chi connectivity index (χ2n) is 4.08. The van der Waals surface area contributed by atoms with Crippen molar-refractivity contribution in [3.05, 3.63) is 23.9 Å². The number of pyridine rings is 1. The van der Waals surface area contributed by atoms with E-state index in [0.717, 1.165) is 0 Å². The summed E-state index contributed by atoms with van der Waals surface area (Å²) in [4.78, 5) is 15.8. The first kappa shape index (κ1) is 13.4. The van der Waals surface area contributed by atoms with Crippen molar-refractivity contribution >= 4 is 5.91 Å². The Morgan fingerprint density at radius 1 is 1.47 bits per heavy atom. The van der Waals surface area contributed by atoms with E-state index in [2.05, 4.69) is 10.3 Å². The number of aliphatic hydroxyl groups excluding tert-OH is 1. The summed E-state index contributed by atoms with van der Waals surface area (Å²) in [5.41, 5.74) is 0.281. The predicted octanol–water partition coefficient (Wildman–Crippen LogP) is 0.979. The van der Waals surface area contributed by atoms with E-state index in [1.807, 2.05) is 13.8 Å². The lowest BCUT2D eigenvalue weighted by Gasteiger charge is -2.12. The highest BCUT2D eigenvalue weighted by Crippen LogP contribution is 2.09. The number of carbonyl (C=O) groups excluding carboxylic acids is 1. The van der Waals surface area contributed by atoms with Crippen LogP contribution < -0.4 is 10.1 Å². The molecule has 1 rings (SSSR count). The van der Waals surface area contributed by atoms with Crippen LogP contribution in [0.1, 0.15) is 31.3 Å². The first-order valence-electron chi connectivity index (χ1n) is 5.58. The minimum atomic E-state index is -0.319. The molecular formula is C12H18N2O3. The van der Waals surface area contributed by atoms with Crippen LogP contribution in [0.2, 0.25) is 0 Å². The fraction of sp³-hybridized carbons (Fsp3) is 0.500. The van der Waals surface area contributed by atoms with Gasteiger partial charge >= 0.3 is 0 Å². The average molecular weight is 238 g/mol. The molecule has 5 heteroatoms. The van der Waals surface area contributed by atoms with Gasteiger partial charge in [0.1, 0.15) is 5.69 Å². The molecule has 0 bridgehead atoms. The molecule has 5 nitrogen and oxygen atoms in total. The van der Waals surface area contributed by atoms with E-state index in [9.17, 15) is 4.79 Å². The minimum absolute atomic E-state index is 0.0113. The highest BCUT2D eigenvalue weighted by atomic mass is 16.5. The summed E-state index contributed by atoms with van der Waals surface area (Å²) in [7, 11) is 0. The van der Waals surface area contributed by atoms with Gasteiger partial charge in [-0.25, -0.2) is 4.98 Å². The molecule has 1 atom stereocenters. The maximum absolute atomic E-state index is 11.7. The lowest BCUT2D eigenvalue weighted by atomic mass is 10.3. The number of hydrogen-bond donors (Lipinski definition) is 2. The minimum Gasteiger partial charge on any atom is -0.475 e. The van der Waals surface area contributed by atoms with Crippen molar-refractivity contribution in [1.29, 1.82) is 0 Å². The molecule has 0 aliphatic rings. The van der Waals surface area contributed by atoms with Gasteiger partial charge in [-0.2, -0.15) is 0 Å². The third kappa shape index (κ3) is 4.40. The standard InChI is InChI=1S/C12H18N2O3/c1-8(2)17-11-6-4-5-10(14-11)12(16)13-9(3)7-15/h4-6,8-9,15H,7H2,1-3H3,(H,13,16). The molecular weight excluding hydrogens is 220 g/mol. The second-order valence-corrected chi connectivity index (χ2v) is 4.08. The van der Waals surface area contributed by atoms with Crippen LogP contribution in [0.15, 0.2) is 18.2 Å². The van der Waals surface area contributed by atoms with Crippen molar-refractivity contribution in [1.82, 2.24) is 10.3 Å². The quantitative estimate of drug-likeness (QED) is 0.802. The molecule has 1 unspecified atom stereocenters. The predicted molar refractivity (Wildman–Crippen MR) is 64.0 cm³/mol. The second kappa shape index (κ2) is 6.20. The van der Waals surface area contributed by atoms with Gasteiger partial charge in [0.25, 0.3) is 5.91 Å². The van der Waals surface area contributed by atoms with Gasteiger partial charge in [0.15, 0.2) is 0 Å². The zero-order valence-electron chi connectivity index (χ0n) is 10.3. The van der Waals surface area contributed by atoms with Crippen molar-refractivity contribution in [2.75, 3.05) is 6.61 Å². The van der Waals surface area contributed by atoms with Gasteiger partial charge in [-0.15, -0.1) is 0 Å². The number of nitrogens with zero attached hydrogens (tertiary/aromatic N) is 1. The van der Waals surface area contributed by atoms with Crippen LogP contribution in [-0.4, -0.2) is 34.8 Å². The Labute approximate surface area is 101 Å². The van der Waals surface area contributed by atoms with E-state index in [0.29, 0.717) is 5.88 Å². The number of carbonyl (C=O) groups is 1. The van der Waals surface area contributed by atoms with Crippen LogP contribution in [0.4, 0.5) is 0 Å². The number of ether oxygens (including phenoxy) is 1. The van der Waals surface area contributed by atoms with E-state index in [1.54, 1.807) is 25.1 Å². The van der Waals surface area contributed by atoms with E-state index in [-0.39, 0.29) is 30.4 Å². The first-order valence-corrected chi connectivity index (χ1v) is 5.58. The molecule has 0 spiro atoms. The molecule has 0 saturated carbocycles. The molecule has 0 aliphatic heterocycles. The number of nitrogens with one attached hydrogen (secondary N) is 1. The van der Waals surface area contributed by atoms with Crippen molar-refractivity contribution in [3.8, 4) is 5.88 Å². The topological polar surface area (TPSA) is 71.5 Å². The van der Waals surface area contributed by atoms with Gasteiger partial charge in [0.2, 0.25) is 5.88 Å². The van der Waals surface area contributed by atoms with Gasteiger partial charge in [-0.3, -0.25) is 4.79 Å². The molecule has 0 aliphatic carbocycles. The van der Waals surface area contributed by atoms with Crippen molar-refractivity contribution < 1.29 is 14.6 Å². The van der Waals surface area contributed by atoms with Crippen LogP contribution in [-0.2, 0) is 0 Å². The van der Waals surface area contributed by atoms with Gasteiger partial charge < -0.3 is 15.2 Å². The number of rotatable bonds is 5. The summed E-state index contributed by atoms with van der Waals surface area (Å²) in [6, 6.07) is 4.72. The fourth-order valence-electron chi connectivity index (χ4n) is 1.19. The Morgan fingerprint density at radius 3 is 2.76 bits per heavy atom. The number of hydrogen-bond acceptors (Lipinski definition) is 4. The van der Waals surface area contributed by atoms with E-state index >= 15 is 0 Å².